The van der Waals surface area contributed by atoms with Crippen molar-refractivity contribution < 1.29 is 60.1 Å². The number of alkyl halides is 5. The standard InChI is InChI=1S/C19H25F5O8/c1-11(8-20)30-13(26)12(14(27)31-17(4)6-5-7-17)18(29-10-25,19(22,23)24)15(28)32-16(2,3)9-21/h10-12H,5-9H2,1-4H3. The Hall–Kier alpha value is -2.47. The lowest BCUT2D eigenvalue weighted by molar-refractivity contribution is -0.287. The number of carbonyl (C=O) groups is 4. The molecule has 0 aliphatic heterocycles. The largest absolute Gasteiger partial charge is 0.459 e. The molecular weight excluding hydrogens is 451 g/mol. The van der Waals surface area contributed by atoms with E-state index >= 15 is 0 Å². The van der Waals surface area contributed by atoms with Gasteiger partial charge in [-0.15, -0.1) is 0 Å². The van der Waals surface area contributed by atoms with E-state index in [1.165, 1.54) is 6.92 Å². The summed E-state index contributed by atoms with van der Waals surface area (Å²) in [4.78, 5) is 49.0. The Labute approximate surface area is 180 Å². The number of hydrogen-bond acceptors (Lipinski definition) is 8. The van der Waals surface area contributed by atoms with Crippen molar-refractivity contribution in [3.8, 4) is 0 Å². The third-order valence-corrected chi connectivity index (χ3v) is 4.82. The van der Waals surface area contributed by atoms with E-state index in [-0.39, 0.29) is 12.8 Å². The van der Waals surface area contributed by atoms with Crippen LogP contribution in [0.2, 0.25) is 0 Å². The quantitative estimate of drug-likeness (QED) is 0.147. The molecule has 0 N–H and O–H groups in total. The van der Waals surface area contributed by atoms with Crippen LogP contribution in [-0.2, 0) is 38.1 Å². The van der Waals surface area contributed by atoms with Gasteiger partial charge in [0.25, 0.3) is 6.47 Å². The number of rotatable bonds is 11. The van der Waals surface area contributed by atoms with E-state index in [4.69, 9.17) is 4.74 Å². The van der Waals surface area contributed by atoms with Gasteiger partial charge in [0.05, 0.1) is 0 Å². The molecule has 1 rings (SSSR count). The molecule has 0 heterocycles. The average Bonchev–Trinajstić information content (AvgIpc) is 2.64. The number of esters is 3. The highest BCUT2D eigenvalue weighted by molar-refractivity contribution is 6.03. The smallest absolute Gasteiger partial charge is 0.441 e. The Balaban J connectivity index is 3.65. The van der Waals surface area contributed by atoms with E-state index in [1.807, 2.05) is 0 Å². The Morgan fingerprint density at radius 2 is 1.66 bits per heavy atom. The predicted molar refractivity (Wildman–Crippen MR) is 95.4 cm³/mol. The van der Waals surface area contributed by atoms with Crippen molar-refractivity contribution in [2.75, 3.05) is 13.3 Å². The van der Waals surface area contributed by atoms with E-state index in [2.05, 4.69) is 14.2 Å². The Kier molecular flexibility index (Phi) is 8.60. The fraction of sp³-hybridized carbons (Fsp3) is 0.789. The molecule has 0 saturated heterocycles. The van der Waals surface area contributed by atoms with Crippen molar-refractivity contribution in [1.29, 1.82) is 0 Å². The van der Waals surface area contributed by atoms with E-state index in [0.29, 0.717) is 6.42 Å². The first-order valence-corrected chi connectivity index (χ1v) is 9.56. The van der Waals surface area contributed by atoms with Gasteiger partial charge in [-0.3, -0.25) is 14.4 Å². The third kappa shape index (κ3) is 5.85. The van der Waals surface area contributed by atoms with E-state index in [1.54, 1.807) is 0 Å². The van der Waals surface area contributed by atoms with Crippen LogP contribution in [0.1, 0.15) is 47.0 Å². The Morgan fingerprint density at radius 1 is 1.09 bits per heavy atom. The van der Waals surface area contributed by atoms with E-state index < -0.39 is 72.7 Å². The molecule has 0 spiro atoms. The maximum Gasteiger partial charge on any atom is 0.441 e. The van der Waals surface area contributed by atoms with E-state index in [0.717, 1.165) is 20.8 Å². The Bertz CT molecular complexity index is 719. The second-order valence-corrected chi connectivity index (χ2v) is 8.29. The molecule has 1 aliphatic rings. The Morgan fingerprint density at radius 3 is 2.03 bits per heavy atom. The first kappa shape index (κ1) is 27.6. The van der Waals surface area contributed by atoms with Crippen LogP contribution in [0.3, 0.4) is 0 Å². The summed E-state index contributed by atoms with van der Waals surface area (Å²) in [5.41, 5.74) is -7.97. The molecule has 0 aromatic carbocycles. The summed E-state index contributed by atoms with van der Waals surface area (Å²) in [7, 11) is 0. The van der Waals surface area contributed by atoms with Crippen molar-refractivity contribution in [2.45, 2.75) is 76.0 Å². The lowest BCUT2D eigenvalue weighted by Crippen LogP contribution is -2.66. The molecule has 184 valence electrons. The molecule has 3 unspecified atom stereocenters. The van der Waals surface area contributed by atoms with Crippen molar-refractivity contribution in [3.63, 3.8) is 0 Å². The molecule has 0 bridgehead atoms. The molecular formula is C19H25F5O8. The summed E-state index contributed by atoms with van der Waals surface area (Å²) in [6.45, 7) is 0.532. The number of ether oxygens (including phenoxy) is 4. The number of carbonyl (C=O) groups excluding carboxylic acids is 4. The molecule has 32 heavy (non-hydrogen) atoms. The fourth-order valence-corrected chi connectivity index (χ4v) is 2.81. The molecule has 0 aromatic rings. The van der Waals surface area contributed by atoms with Crippen LogP contribution in [0.4, 0.5) is 22.0 Å². The molecule has 0 amide bonds. The van der Waals surface area contributed by atoms with Crippen molar-refractivity contribution >= 4 is 24.4 Å². The monoisotopic (exact) mass is 476 g/mol. The first-order valence-electron chi connectivity index (χ1n) is 9.56. The van der Waals surface area contributed by atoms with Crippen molar-refractivity contribution in [3.05, 3.63) is 0 Å². The summed E-state index contributed by atoms with van der Waals surface area (Å²) in [5, 5.41) is 0. The summed E-state index contributed by atoms with van der Waals surface area (Å²) < 4.78 is 86.7. The van der Waals surface area contributed by atoms with Crippen LogP contribution < -0.4 is 0 Å². The third-order valence-electron chi connectivity index (χ3n) is 4.82. The van der Waals surface area contributed by atoms with Gasteiger partial charge in [-0.05, 0) is 47.0 Å². The second-order valence-electron chi connectivity index (χ2n) is 8.29. The van der Waals surface area contributed by atoms with Crippen LogP contribution in [0.5, 0.6) is 0 Å². The zero-order valence-electron chi connectivity index (χ0n) is 17.9. The molecule has 3 atom stereocenters. The molecule has 13 heteroatoms. The van der Waals surface area contributed by atoms with Crippen LogP contribution in [0.25, 0.3) is 0 Å². The molecule has 8 nitrogen and oxygen atoms in total. The summed E-state index contributed by atoms with van der Waals surface area (Å²) in [6.07, 6.45) is -6.49. The van der Waals surface area contributed by atoms with E-state index in [9.17, 15) is 41.1 Å². The SMILES string of the molecule is CC(CF)OC(=O)C(C(=O)OC1(C)CCC1)C(OC=O)(C(=O)OC(C)(C)CF)C(F)(F)F. The molecule has 1 saturated carbocycles. The van der Waals surface area contributed by atoms with Crippen LogP contribution >= 0.6 is 0 Å². The highest BCUT2D eigenvalue weighted by atomic mass is 19.4. The summed E-state index contributed by atoms with van der Waals surface area (Å²) >= 11 is 0. The van der Waals surface area contributed by atoms with Gasteiger partial charge in [0.15, 0.2) is 0 Å². The molecule has 1 fully saturated rings. The van der Waals surface area contributed by atoms with Gasteiger partial charge >= 0.3 is 29.7 Å². The van der Waals surface area contributed by atoms with Gasteiger partial charge < -0.3 is 18.9 Å². The topological polar surface area (TPSA) is 105 Å². The minimum Gasteiger partial charge on any atom is -0.459 e. The fourth-order valence-electron chi connectivity index (χ4n) is 2.81. The van der Waals surface area contributed by atoms with Crippen LogP contribution in [0.15, 0.2) is 0 Å². The summed E-state index contributed by atoms with van der Waals surface area (Å²) in [5.74, 6) is -9.66. The number of hydrogen-bond donors (Lipinski definition) is 0. The van der Waals surface area contributed by atoms with Gasteiger partial charge in [-0.2, -0.15) is 13.2 Å². The zero-order chi connectivity index (χ0) is 25.0. The maximum atomic E-state index is 14.2. The lowest BCUT2D eigenvalue weighted by Gasteiger charge is -2.41. The first-order chi connectivity index (χ1) is 14.6. The average molecular weight is 476 g/mol. The predicted octanol–water partition coefficient (Wildman–Crippen LogP) is 2.76. The van der Waals surface area contributed by atoms with Gasteiger partial charge in [-0.25, -0.2) is 13.6 Å². The maximum absolute atomic E-state index is 14.2. The van der Waals surface area contributed by atoms with Crippen LogP contribution in [0, 0.1) is 5.92 Å². The van der Waals surface area contributed by atoms with Crippen molar-refractivity contribution in [1.82, 2.24) is 0 Å². The minimum atomic E-state index is -5.93. The molecule has 0 aromatic heterocycles. The van der Waals surface area contributed by atoms with Gasteiger partial charge in [0.2, 0.25) is 5.92 Å². The van der Waals surface area contributed by atoms with Gasteiger partial charge in [0, 0.05) is 0 Å². The molecule has 0 radical (unpaired) electrons. The molecule has 1 aliphatic carbocycles. The minimum absolute atomic E-state index is 0.244. The second kappa shape index (κ2) is 9.99. The number of halogens is 5. The lowest BCUT2D eigenvalue weighted by atomic mass is 9.81. The van der Waals surface area contributed by atoms with Gasteiger partial charge in [-0.1, -0.05) is 0 Å². The summed E-state index contributed by atoms with van der Waals surface area (Å²) in [6, 6.07) is 0. The van der Waals surface area contributed by atoms with Gasteiger partial charge in [0.1, 0.15) is 30.7 Å². The zero-order valence-corrected chi connectivity index (χ0v) is 17.9. The highest BCUT2D eigenvalue weighted by Gasteiger charge is 2.75. The van der Waals surface area contributed by atoms with Crippen molar-refractivity contribution in [2.24, 2.45) is 5.92 Å². The van der Waals surface area contributed by atoms with Crippen LogP contribution in [-0.4, -0.2) is 66.8 Å². The normalized spacial score (nSPS) is 19.4. The highest BCUT2D eigenvalue weighted by Crippen LogP contribution is 2.44.